The minimum atomic E-state index is -0.330. The fourth-order valence-corrected chi connectivity index (χ4v) is 4.90. The minimum absolute atomic E-state index is 0.330. The lowest BCUT2D eigenvalue weighted by Gasteiger charge is -2.34. The Morgan fingerprint density at radius 2 is 1.67 bits per heavy atom. The maximum Gasteiger partial charge on any atom is 0.124 e. The first kappa shape index (κ1) is 21.2. The van der Waals surface area contributed by atoms with Crippen molar-refractivity contribution < 1.29 is 0 Å². The van der Waals surface area contributed by atoms with E-state index in [1.807, 2.05) is 18.2 Å². The van der Waals surface area contributed by atoms with Crippen LogP contribution < -0.4 is 5.73 Å². The number of benzene rings is 3. The number of hydrogen-bond donors (Lipinski definition) is 1. The number of thiazole rings is 1. The molecule has 1 aliphatic rings. The molecule has 1 heterocycles. The predicted molar refractivity (Wildman–Crippen MR) is 141 cm³/mol. The van der Waals surface area contributed by atoms with Crippen LogP contribution in [0.2, 0.25) is 0 Å². The molecule has 0 radical (unpaired) electrons. The molecule has 0 amide bonds. The van der Waals surface area contributed by atoms with Gasteiger partial charge in [-0.1, -0.05) is 66.5 Å². The van der Waals surface area contributed by atoms with Crippen molar-refractivity contribution in [1.82, 2.24) is 9.88 Å². The largest absolute Gasteiger partial charge is 0.399 e. The average molecular weight is 448 g/mol. The van der Waals surface area contributed by atoms with E-state index in [4.69, 9.17) is 10.7 Å². The topological polar surface area (TPSA) is 42.2 Å². The van der Waals surface area contributed by atoms with Crippen LogP contribution in [0, 0.1) is 11.8 Å². The lowest BCUT2D eigenvalue weighted by atomic mass is 9.86. The maximum atomic E-state index is 5.83. The summed E-state index contributed by atoms with van der Waals surface area (Å²) in [6, 6.07) is 24.6. The van der Waals surface area contributed by atoms with Gasteiger partial charge in [0.2, 0.25) is 0 Å². The molecule has 0 spiro atoms. The molecule has 1 aromatic heterocycles. The molecule has 1 atom stereocenters. The molecular weight excluding hydrogens is 422 g/mol. The summed E-state index contributed by atoms with van der Waals surface area (Å²) >= 11 is 1.72. The molecule has 162 valence electrons. The molecule has 0 saturated heterocycles. The number of hydrogen-bond acceptors (Lipinski definition) is 4. The number of aromatic nitrogens is 1. The molecule has 1 unspecified atom stereocenters. The predicted octanol–water partition coefficient (Wildman–Crippen LogP) is 6.24. The number of nitrogens with zero attached hydrogens (tertiary/aromatic N) is 2. The van der Waals surface area contributed by atoms with Gasteiger partial charge >= 0.3 is 0 Å². The Balaban J connectivity index is 1.37. The first-order valence-electron chi connectivity index (χ1n) is 10.9. The molecule has 4 aromatic rings. The fourth-order valence-electron chi connectivity index (χ4n) is 3.93. The van der Waals surface area contributed by atoms with E-state index in [9.17, 15) is 0 Å². The number of fused-ring (bicyclic) bond motifs is 1. The zero-order valence-electron chi connectivity index (χ0n) is 18.7. The molecule has 5 rings (SSSR count). The van der Waals surface area contributed by atoms with E-state index in [1.165, 1.54) is 15.8 Å². The Labute approximate surface area is 198 Å². The molecule has 2 N–H and O–H groups in total. The van der Waals surface area contributed by atoms with E-state index >= 15 is 0 Å². The maximum absolute atomic E-state index is 5.83. The molecule has 0 aliphatic heterocycles. The van der Waals surface area contributed by atoms with Gasteiger partial charge in [-0.2, -0.15) is 0 Å². The SMILES string of the molecule is CN(C)C1(C#Cc2ccc(-c3nc4ccccc4s3)cc2)C=CC(c2ccc(N)cc2)=CC1. The molecular formula is C29H25N3S. The van der Waals surface area contributed by atoms with Gasteiger partial charge in [-0.15, -0.1) is 11.3 Å². The van der Waals surface area contributed by atoms with Gasteiger partial charge in [-0.25, -0.2) is 4.98 Å². The quantitative estimate of drug-likeness (QED) is 0.299. The summed E-state index contributed by atoms with van der Waals surface area (Å²) < 4.78 is 1.21. The monoisotopic (exact) mass is 447 g/mol. The van der Waals surface area contributed by atoms with Crippen molar-refractivity contribution in [2.24, 2.45) is 0 Å². The fraction of sp³-hybridized carbons (Fsp3) is 0.138. The first-order valence-corrected chi connectivity index (χ1v) is 11.8. The van der Waals surface area contributed by atoms with Gasteiger partial charge in [0.05, 0.1) is 10.2 Å². The summed E-state index contributed by atoms with van der Waals surface area (Å²) in [5.41, 5.74) is 11.8. The van der Waals surface area contributed by atoms with Gasteiger partial charge in [-0.05, 0) is 68.1 Å². The average Bonchev–Trinajstić information content (AvgIpc) is 3.28. The summed E-state index contributed by atoms with van der Waals surface area (Å²) in [6.07, 6.45) is 7.46. The van der Waals surface area contributed by atoms with E-state index in [-0.39, 0.29) is 5.54 Å². The normalized spacial score (nSPS) is 17.6. The summed E-state index contributed by atoms with van der Waals surface area (Å²) in [4.78, 5) is 6.94. The summed E-state index contributed by atoms with van der Waals surface area (Å²) in [7, 11) is 4.16. The second kappa shape index (κ2) is 8.71. The van der Waals surface area contributed by atoms with E-state index < -0.39 is 0 Å². The summed E-state index contributed by atoms with van der Waals surface area (Å²) in [5, 5.41) is 1.04. The first-order chi connectivity index (χ1) is 16.0. The third kappa shape index (κ3) is 4.34. The highest BCUT2D eigenvalue weighted by Gasteiger charge is 2.28. The number of nitrogen functional groups attached to an aromatic ring is 1. The number of nitrogens with two attached hydrogens (primary N) is 1. The molecule has 0 fully saturated rings. The Morgan fingerprint density at radius 1 is 0.939 bits per heavy atom. The van der Waals surface area contributed by atoms with Crippen LogP contribution in [0.3, 0.4) is 0 Å². The van der Waals surface area contributed by atoms with Crippen LogP contribution >= 0.6 is 11.3 Å². The number of para-hydroxylation sites is 1. The number of rotatable bonds is 3. The van der Waals surface area contributed by atoms with E-state index in [1.54, 1.807) is 11.3 Å². The van der Waals surface area contributed by atoms with Crippen LogP contribution in [0.5, 0.6) is 0 Å². The minimum Gasteiger partial charge on any atom is -0.399 e. The van der Waals surface area contributed by atoms with Crippen molar-refractivity contribution in [3.05, 3.63) is 102 Å². The van der Waals surface area contributed by atoms with Gasteiger partial charge in [0.25, 0.3) is 0 Å². The van der Waals surface area contributed by atoms with Crippen LogP contribution in [0.1, 0.15) is 17.5 Å². The second-order valence-electron chi connectivity index (χ2n) is 8.45. The van der Waals surface area contributed by atoms with Crippen molar-refractivity contribution >= 4 is 32.8 Å². The van der Waals surface area contributed by atoms with Crippen molar-refractivity contribution in [3.8, 4) is 22.4 Å². The smallest absolute Gasteiger partial charge is 0.124 e. The van der Waals surface area contributed by atoms with Crippen molar-refractivity contribution in [2.45, 2.75) is 12.0 Å². The third-order valence-corrected chi connectivity index (χ3v) is 7.15. The van der Waals surface area contributed by atoms with E-state index in [0.717, 1.165) is 33.8 Å². The Kier molecular flexibility index (Phi) is 5.60. The Hall–Kier alpha value is -3.65. The van der Waals surface area contributed by atoms with E-state index in [0.29, 0.717) is 0 Å². The van der Waals surface area contributed by atoms with Crippen LogP contribution in [-0.4, -0.2) is 29.5 Å². The highest BCUT2D eigenvalue weighted by Crippen LogP contribution is 2.31. The molecule has 1 aliphatic carbocycles. The van der Waals surface area contributed by atoms with Crippen LogP contribution in [0.15, 0.2) is 91.0 Å². The molecule has 3 aromatic carbocycles. The second-order valence-corrected chi connectivity index (χ2v) is 9.48. The zero-order valence-corrected chi connectivity index (χ0v) is 19.6. The van der Waals surface area contributed by atoms with Crippen LogP contribution in [0.4, 0.5) is 5.69 Å². The van der Waals surface area contributed by atoms with Crippen LogP contribution in [0.25, 0.3) is 26.4 Å². The van der Waals surface area contributed by atoms with Gasteiger partial charge in [0.1, 0.15) is 10.5 Å². The highest BCUT2D eigenvalue weighted by atomic mass is 32.1. The summed E-state index contributed by atoms with van der Waals surface area (Å²) in [5.74, 6) is 6.92. The van der Waals surface area contributed by atoms with Crippen molar-refractivity contribution in [2.75, 3.05) is 19.8 Å². The molecule has 3 nitrogen and oxygen atoms in total. The number of likely N-dealkylation sites (N-methyl/N-ethyl adjacent to an activating group) is 1. The van der Waals surface area contributed by atoms with Crippen molar-refractivity contribution in [1.29, 1.82) is 0 Å². The number of anilines is 1. The Morgan fingerprint density at radius 3 is 2.33 bits per heavy atom. The van der Waals surface area contributed by atoms with Crippen LogP contribution in [-0.2, 0) is 0 Å². The van der Waals surface area contributed by atoms with Gasteiger partial charge in [0.15, 0.2) is 0 Å². The van der Waals surface area contributed by atoms with Crippen molar-refractivity contribution in [3.63, 3.8) is 0 Å². The zero-order chi connectivity index (χ0) is 22.8. The molecule has 33 heavy (non-hydrogen) atoms. The lowest BCUT2D eigenvalue weighted by Crippen LogP contribution is -2.41. The van der Waals surface area contributed by atoms with E-state index in [2.05, 4.69) is 104 Å². The van der Waals surface area contributed by atoms with Gasteiger partial charge in [-0.3, -0.25) is 4.90 Å². The lowest BCUT2D eigenvalue weighted by molar-refractivity contribution is 0.274. The Bertz CT molecular complexity index is 1380. The number of allylic oxidation sites excluding steroid dienone is 2. The standard InChI is InChI=1S/C29H25N3S/c1-32(2)29(19-16-23(17-20-29)22-11-13-25(30)14-12-22)18-15-21-7-9-24(10-8-21)28-31-26-5-3-4-6-27(26)33-28/h3-14,16-17,19H,20,30H2,1-2H3. The molecule has 0 bridgehead atoms. The van der Waals surface area contributed by atoms with Gasteiger partial charge in [0, 0.05) is 16.8 Å². The summed E-state index contributed by atoms with van der Waals surface area (Å²) in [6.45, 7) is 0. The molecule has 4 heteroatoms. The third-order valence-electron chi connectivity index (χ3n) is 6.06. The highest BCUT2D eigenvalue weighted by molar-refractivity contribution is 7.21. The van der Waals surface area contributed by atoms with Gasteiger partial charge < -0.3 is 5.73 Å². The molecule has 0 saturated carbocycles.